The maximum atomic E-state index is 12.2. The Morgan fingerprint density at radius 1 is 1.38 bits per heavy atom. The maximum absolute atomic E-state index is 12.2. The first-order chi connectivity index (χ1) is 9.81. The molecule has 2 heterocycles. The van der Waals surface area contributed by atoms with Gasteiger partial charge in [-0.1, -0.05) is 11.3 Å². The lowest BCUT2D eigenvalue weighted by Gasteiger charge is -2.26. The summed E-state index contributed by atoms with van der Waals surface area (Å²) in [7, 11) is 0. The number of hydrogen-bond acceptors (Lipinski definition) is 7. The third-order valence-corrected chi connectivity index (χ3v) is 4.41. The molecule has 116 valence electrons. The minimum absolute atomic E-state index is 0.173. The Morgan fingerprint density at radius 2 is 2.00 bits per heavy atom. The van der Waals surface area contributed by atoms with E-state index >= 15 is 0 Å². The van der Waals surface area contributed by atoms with E-state index in [1.165, 1.54) is 11.3 Å². The van der Waals surface area contributed by atoms with Gasteiger partial charge < -0.3 is 27.0 Å². The van der Waals surface area contributed by atoms with Crippen molar-refractivity contribution in [2.24, 2.45) is 5.73 Å². The average molecular weight is 312 g/mol. The molecule has 6 N–H and O–H groups in total. The van der Waals surface area contributed by atoms with Crippen molar-refractivity contribution in [1.82, 2.24) is 15.6 Å². The van der Waals surface area contributed by atoms with Crippen molar-refractivity contribution in [2.45, 2.75) is 19.4 Å². The summed E-state index contributed by atoms with van der Waals surface area (Å²) >= 11 is 1.22. The van der Waals surface area contributed by atoms with E-state index in [1.807, 2.05) is 0 Å². The highest BCUT2D eigenvalue weighted by Gasteiger charge is 2.29. The van der Waals surface area contributed by atoms with E-state index in [2.05, 4.69) is 20.5 Å². The number of carbonyl (C=O) groups excluding carboxylic acids is 2. The van der Waals surface area contributed by atoms with E-state index in [9.17, 15) is 9.59 Å². The van der Waals surface area contributed by atoms with Gasteiger partial charge in [-0.15, -0.1) is 0 Å². The van der Waals surface area contributed by atoms with Gasteiger partial charge in [0.2, 0.25) is 5.91 Å². The van der Waals surface area contributed by atoms with Crippen LogP contribution >= 0.6 is 11.3 Å². The smallest absolute Gasteiger partial charge is 0.266 e. The minimum Gasteiger partial charge on any atom is -0.382 e. The van der Waals surface area contributed by atoms with Crippen molar-refractivity contribution >= 4 is 34.1 Å². The van der Waals surface area contributed by atoms with Crippen LogP contribution < -0.4 is 27.0 Å². The van der Waals surface area contributed by atoms with Gasteiger partial charge in [0.15, 0.2) is 5.13 Å². The van der Waals surface area contributed by atoms with E-state index in [-0.39, 0.29) is 5.82 Å². The van der Waals surface area contributed by atoms with Crippen LogP contribution in [0.2, 0.25) is 0 Å². The number of nitrogens with one attached hydrogen (secondary N) is 2. The van der Waals surface area contributed by atoms with Gasteiger partial charge in [0.25, 0.3) is 5.91 Å². The monoisotopic (exact) mass is 312 g/mol. The van der Waals surface area contributed by atoms with Crippen LogP contribution in [0.15, 0.2) is 0 Å². The Hall–Kier alpha value is -1.87. The zero-order valence-corrected chi connectivity index (χ0v) is 12.9. The highest BCUT2D eigenvalue weighted by atomic mass is 32.1. The van der Waals surface area contributed by atoms with Crippen LogP contribution in [-0.4, -0.2) is 48.5 Å². The van der Waals surface area contributed by atoms with Crippen LogP contribution in [0.5, 0.6) is 0 Å². The third-order valence-electron chi connectivity index (χ3n) is 3.28. The van der Waals surface area contributed by atoms with Crippen LogP contribution in [-0.2, 0) is 4.79 Å². The number of thiazole rings is 1. The first-order valence-electron chi connectivity index (χ1n) is 6.65. The normalized spacial score (nSPS) is 15.8. The van der Waals surface area contributed by atoms with Gasteiger partial charge >= 0.3 is 0 Å². The second-order valence-electron chi connectivity index (χ2n) is 5.39. The van der Waals surface area contributed by atoms with Crippen LogP contribution in [0.4, 0.5) is 10.9 Å². The molecule has 1 fully saturated rings. The Kier molecular flexibility index (Phi) is 4.33. The average Bonchev–Trinajstić information content (AvgIpc) is 2.81. The van der Waals surface area contributed by atoms with Crippen molar-refractivity contribution in [2.75, 3.05) is 36.8 Å². The molecule has 0 saturated carbocycles. The van der Waals surface area contributed by atoms with Gasteiger partial charge in [0, 0.05) is 26.2 Å². The SMILES string of the molecule is CC(C)(NC(=O)c1sc(N2CCNCC2)nc1N)C(N)=O. The van der Waals surface area contributed by atoms with Crippen molar-refractivity contribution in [3.05, 3.63) is 4.88 Å². The van der Waals surface area contributed by atoms with Crippen molar-refractivity contribution < 1.29 is 9.59 Å². The topological polar surface area (TPSA) is 126 Å². The molecule has 2 amide bonds. The molecular weight excluding hydrogens is 292 g/mol. The largest absolute Gasteiger partial charge is 0.382 e. The van der Waals surface area contributed by atoms with E-state index in [0.29, 0.717) is 4.88 Å². The molecule has 1 aliphatic heterocycles. The summed E-state index contributed by atoms with van der Waals surface area (Å²) in [6.45, 7) is 6.47. The molecule has 9 heteroatoms. The highest BCUT2D eigenvalue weighted by molar-refractivity contribution is 7.18. The summed E-state index contributed by atoms with van der Waals surface area (Å²) in [5.74, 6) is -0.872. The summed E-state index contributed by atoms with van der Waals surface area (Å²) in [6, 6.07) is 0. The van der Waals surface area contributed by atoms with Gasteiger partial charge in [-0.25, -0.2) is 4.98 Å². The van der Waals surface area contributed by atoms with Crippen LogP contribution in [0.25, 0.3) is 0 Å². The predicted octanol–water partition coefficient (Wildman–Crippen LogP) is -0.871. The molecular formula is C12H20N6O2S. The summed E-state index contributed by atoms with van der Waals surface area (Å²) in [4.78, 5) is 30.1. The molecule has 0 aliphatic carbocycles. The van der Waals surface area contributed by atoms with Gasteiger partial charge in [0.05, 0.1) is 0 Å². The molecule has 0 spiro atoms. The number of piperazine rings is 1. The van der Waals surface area contributed by atoms with Crippen molar-refractivity contribution in [1.29, 1.82) is 0 Å². The highest BCUT2D eigenvalue weighted by Crippen LogP contribution is 2.28. The fourth-order valence-electron chi connectivity index (χ4n) is 1.88. The summed E-state index contributed by atoms with van der Waals surface area (Å²) in [6.07, 6.45) is 0. The first kappa shape index (κ1) is 15.5. The minimum atomic E-state index is -1.14. The van der Waals surface area contributed by atoms with Gasteiger partial charge in [-0.3, -0.25) is 9.59 Å². The number of amides is 2. The number of hydrogen-bond donors (Lipinski definition) is 4. The predicted molar refractivity (Wildman–Crippen MR) is 82.3 cm³/mol. The Morgan fingerprint density at radius 3 is 2.57 bits per heavy atom. The number of aromatic nitrogens is 1. The molecule has 0 radical (unpaired) electrons. The fraction of sp³-hybridized carbons (Fsp3) is 0.583. The molecule has 0 atom stereocenters. The lowest BCUT2D eigenvalue weighted by atomic mass is 10.1. The molecule has 8 nitrogen and oxygen atoms in total. The summed E-state index contributed by atoms with van der Waals surface area (Å²) in [5, 5.41) is 6.54. The molecule has 1 aromatic rings. The molecule has 1 aliphatic rings. The molecule has 2 rings (SSSR count). The number of nitrogens with zero attached hydrogens (tertiary/aromatic N) is 2. The van der Waals surface area contributed by atoms with Crippen molar-refractivity contribution in [3.8, 4) is 0 Å². The second-order valence-corrected chi connectivity index (χ2v) is 6.37. The fourth-order valence-corrected chi connectivity index (χ4v) is 2.81. The van der Waals surface area contributed by atoms with Crippen molar-refractivity contribution in [3.63, 3.8) is 0 Å². The maximum Gasteiger partial charge on any atom is 0.266 e. The van der Waals surface area contributed by atoms with Crippen LogP contribution in [0.3, 0.4) is 0 Å². The molecule has 21 heavy (non-hydrogen) atoms. The molecule has 1 saturated heterocycles. The summed E-state index contributed by atoms with van der Waals surface area (Å²) < 4.78 is 0. The van der Waals surface area contributed by atoms with Gasteiger partial charge in [-0.2, -0.15) is 0 Å². The molecule has 0 bridgehead atoms. The van der Waals surface area contributed by atoms with E-state index < -0.39 is 17.4 Å². The number of primary amides is 1. The lowest BCUT2D eigenvalue weighted by molar-refractivity contribution is -0.122. The van der Waals surface area contributed by atoms with Gasteiger partial charge in [-0.05, 0) is 13.8 Å². The molecule has 0 aromatic carbocycles. The van der Waals surface area contributed by atoms with E-state index in [4.69, 9.17) is 11.5 Å². The number of nitrogens with two attached hydrogens (primary N) is 2. The standard InChI is InChI=1S/C12H20N6O2S/c1-12(2,10(14)20)17-9(19)7-8(13)16-11(21-7)18-5-3-15-4-6-18/h15H,3-6,13H2,1-2H3,(H2,14,20)(H,17,19). The lowest BCUT2D eigenvalue weighted by Crippen LogP contribution is -2.52. The Balaban J connectivity index is 2.15. The number of anilines is 2. The summed E-state index contributed by atoms with van der Waals surface area (Å²) in [5.41, 5.74) is 9.93. The van der Waals surface area contributed by atoms with Crippen LogP contribution in [0.1, 0.15) is 23.5 Å². The zero-order chi connectivity index (χ0) is 15.6. The zero-order valence-electron chi connectivity index (χ0n) is 12.1. The molecule has 0 unspecified atom stereocenters. The quantitative estimate of drug-likeness (QED) is 0.572. The van der Waals surface area contributed by atoms with E-state index in [0.717, 1.165) is 31.3 Å². The molecule has 1 aromatic heterocycles. The Labute approximate surface area is 126 Å². The van der Waals surface area contributed by atoms with Crippen LogP contribution in [0, 0.1) is 0 Å². The second kappa shape index (κ2) is 5.86. The van der Waals surface area contributed by atoms with E-state index in [1.54, 1.807) is 13.8 Å². The number of rotatable bonds is 4. The van der Waals surface area contributed by atoms with Gasteiger partial charge in [0.1, 0.15) is 16.2 Å². The number of nitrogen functional groups attached to an aromatic ring is 1. The Bertz CT molecular complexity index is 550. The first-order valence-corrected chi connectivity index (χ1v) is 7.47. The number of carbonyl (C=O) groups is 2. The third kappa shape index (κ3) is 3.42.